The van der Waals surface area contributed by atoms with Crippen molar-refractivity contribution in [2.75, 3.05) is 26.1 Å². The molecule has 0 unspecified atom stereocenters. The average Bonchev–Trinajstić information content (AvgIpc) is 2.61. The summed E-state index contributed by atoms with van der Waals surface area (Å²) in [7, 11) is 1.58. The van der Waals surface area contributed by atoms with Crippen LogP contribution in [0.5, 0.6) is 5.75 Å². The quantitative estimate of drug-likeness (QED) is 0.829. The first-order valence-corrected chi connectivity index (χ1v) is 8.71. The van der Waals surface area contributed by atoms with E-state index in [9.17, 15) is 9.59 Å². The van der Waals surface area contributed by atoms with Gasteiger partial charge in [0.1, 0.15) is 5.75 Å². The lowest BCUT2D eigenvalue weighted by atomic mass is 9.92. The number of hydrogen-bond donors (Lipinski definition) is 1. The Morgan fingerprint density at radius 1 is 1.33 bits per heavy atom. The van der Waals surface area contributed by atoms with Gasteiger partial charge in [0.25, 0.3) is 5.91 Å². The third-order valence-corrected chi connectivity index (χ3v) is 5.03. The number of nitrogens with one attached hydrogen (secondary N) is 1. The molecule has 0 aromatic heterocycles. The molecule has 1 N–H and O–H groups in total. The monoisotopic (exact) mass is 352 g/mol. The first-order chi connectivity index (χ1) is 11.4. The molecule has 5 nitrogen and oxygen atoms in total. The van der Waals surface area contributed by atoms with Crippen LogP contribution in [-0.4, -0.2) is 48.8 Å². The van der Waals surface area contributed by atoms with Crippen molar-refractivity contribution in [1.29, 1.82) is 0 Å². The van der Waals surface area contributed by atoms with E-state index in [0.29, 0.717) is 30.3 Å². The summed E-state index contributed by atoms with van der Waals surface area (Å²) in [5, 5.41) is 3.04. The Morgan fingerprint density at radius 3 is 2.58 bits per heavy atom. The van der Waals surface area contributed by atoms with Crippen molar-refractivity contribution < 1.29 is 14.3 Å². The van der Waals surface area contributed by atoms with Crippen LogP contribution in [0.2, 0.25) is 0 Å². The van der Waals surface area contributed by atoms with Gasteiger partial charge in [-0.2, -0.15) is 0 Å². The van der Waals surface area contributed by atoms with Crippen molar-refractivity contribution >= 4 is 23.4 Å². The summed E-state index contributed by atoms with van der Waals surface area (Å²) in [5.74, 6) is 0.930. The summed E-state index contributed by atoms with van der Waals surface area (Å²) < 4.78 is 5.14. The van der Waals surface area contributed by atoms with E-state index in [1.165, 1.54) is 0 Å². The van der Waals surface area contributed by atoms with E-state index in [1.54, 1.807) is 31.4 Å². The minimum Gasteiger partial charge on any atom is -0.497 e. The van der Waals surface area contributed by atoms with Gasteiger partial charge in [0.05, 0.1) is 12.5 Å². The standard InChI is InChI=1S/C18H25ClN2O3/c1-18(2,12-19)17(23)21-9-7-14(8-10-21)20-16(22)13-5-4-6-15(11-13)24-3/h4-6,11,14H,7-10,12H2,1-3H3,(H,20,22). The second-order valence-electron chi connectivity index (χ2n) is 6.79. The highest BCUT2D eigenvalue weighted by molar-refractivity contribution is 6.19. The van der Waals surface area contributed by atoms with Gasteiger partial charge in [-0.3, -0.25) is 9.59 Å². The number of halogens is 1. The predicted octanol–water partition coefficient (Wildman–Crippen LogP) is 2.68. The van der Waals surface area contributed by atoms with Crippen LogP contribution < -0.4 is 10.1 Å². The number of likely N-dealkylation sites (tertiary alicyclic amines) is 1. The number of hydrogen-bond acceptors (Lipinski definition) is 3. The zero-order valence-corrected chi connectivity index (χ0v) is 15.2. The molecule has 1 heterocycles. The maximum atomic E-state index is 12.4. The fraction of sp³-hybridized carbons (Fsp3) is 0.556. The number of rotatable bonds is 5. The van der Waals surface area contributed by atoms with Crippen molar-refractivity contribution in [3.63, 3.8) is 0 Å². The van der Waals surface area contributed by atoms with Crippen molar-refractivity contribution in [2.45, 2.75) is 32.7 Å². The molecule has 0 atom stereocenters. The van der Waals surface area contributed by atoms with Crippen LogP contribution in [0.4, 0.5) is 0 Å². The maximum Gasteiger partial charge on any atom is 0.251 e. The Labute approximate surface area is 148 Å². The third kappa shape index (κ3) is 4.41. The van der Waals surface area contributed by atoms with Crippen molar-refractivity contribution in [3.05, 3.63) is 29.8 Å². The SMILES string of the molecule is COc1cccc(C(=O)NC2CCN(C(=O)C(C)(C)CCl)CC2)c1. The van der Waals surface area contributed by atoms with E-state index in [4.69, 9.17) is 16.3 Å². The van der Waals surface area contributed by atoms with Gasteiger partial charge in [-0.05, 0) is 44.9 Å². The highest BCUT2D eigenvalue weighted by Crippen LogP contribution is 2.23. The third-order valence-electron chi connectivity index (χ3n) is 4.36. The molecule has 0 aliphatic carbocycles. The highest BCUT2D eigenvalue weighted by atomic mass is 35.5. The summed E-state index contributed by atoms with van der Waals surface area (Å²) >= 11 is 5.88. The van der Waals surface area contributed by atoms with Crippen LogP contribution in [0.1, 0.15) is 37.0 Å². The lowest BCUT2D eigenvalue weighted by Crippen LogP contribution is -2.50. The summed E-state index contributed by atoms with van der Waals surface area (Å²) in [6.07, 6.45) is 1.50. The molecular formula is C18H25ClN2O3. The molecule has 1 aliphatic rings. The molecule has 132 valence electrons. The Kier molecular flexibility index (Phi) is 6.10. The van der Waals surface area contributed by atoms with Gasteiger partial charge < -0.3 is 15.0 Å². The zero-order valence-electron chi connectivity index (χ0n) is 14.5. The van der Waals surface area contributed by atoms with E-state index in [-0.39, 0.29) is 17.9 Å². The van der Waals surface area contributed by atoms with Crippen LogP contribution in [-0.2, 0) is 4.79 Å². The van der Waals surface area contributed by atoms with Crippen molar-refractivity contribution in [3.8, 4) is 5.75 Å². The Morgan fingerprint density at radius 2 is 2.00 bits per heavy atom. The Balaban J connectivity index is 1.89. The number of piperidine rings is 1. The first-order valence-electron chi connectivity index (χ1n) is 8.17. The van der Waals surface area contributed by atoms with E-state index in [1.807, 2.05) is 18.7 Å². The minimum absolute atomic E-state index is 0.0758. The molecular weight excluding hydrogens is 328 g/mol. The number of amides is 2. The van der Waals surface area contributed by atoms with Gasteiger partial charge in [-0.15, -0.1) is 11.6 Å². The molecule has 0 bridgehead atoms. The zero-order chi connectivity index (χ0) is 17.7. The van der Waals surface area contributed by atoms with Crippen LogP contribution >= 0.6 is 11.6 Å². The smallest absolute Gasteiger partial charge is 0.251 e. The van der Waals surface area contributed by atoms with Gasteiger partial charge in [0, 0.05) is 30.6 Å². The van der Waals surface area contributed by atoms with Crippen LogP contribution in [0, 0.1) is 5.41 Å². The van der Waals surface area contributed by atoms with Crippen molar-refractivity contribution in [1.82, 2.24) is 10.2 Å². The lowest BCUT2D eigenvalue weighted by Gasteiger charge is -2.36. The fourth-order valence-corrected chi connectivity index (χ4v) is 2.86. The second-order valence-corrected chi connectivity index (χ2v) is 7.06. The van der Waals surface area contributed by atoms with Gasteiger partial charge >= 0.3 is 0 Å². The highest BCUT2D eigenvalue weighted by Gasteiger charge is 2.33. The molecule has 2 rings (SSSR count). The molecule has 1 aromatic rings. The van der Waals surface area contributed by atoms with E-state index >= 15 is 0 Å². The summed E-state index contributed by atoms with van der Waals surface area (Å²) in [6.45, 7) is 5.00. The number of carbonyl (C=O) groups is 2. The molecule has 0 spiro atoms. The largest absolute Gasteiger partial charge is 0.497 e. The number of alkyl halides is 1. The summed E-state index contributed by atoms with van der Waals surface area (Å²) in [5.41, 5.74) is 0.0363. The molecule has 24 heavy (non-hydrogen) atoms. The number of carbonyl (C=O) groups excluding carboxylic acids is 2. The summed E-state index contributed by atoms with van der Waals surface area (Å²) in [4.78, 5) is 26.6. The maximum absolute atomic E-state index is 12.4. The predicted molar refractivity (Wildman–Crippen MR) is 94.6 cm³/mol. The van der Waals surface area contributed by atoms with Crippen LogP contribution in [0.25, 0.3) is 0 Å². The number of ether oxygens (including phenoxy) is 1. The second kappa shape index (κ2) is 7.88. The molecule has 1 saturated heterocycles. The van der Waals surface area contributed by atoms with E-state index < -0.39 is 5.41 Å². The van der Waals surface area contributed by atoms with Gasteiger partial charge in [0.2, 0.25) is 5.91 Å². The molecule has 0 radical (unpaired) electrons. The Bertz CT molecular complexity index is 596. The molecule has 1 aliphatic heterocycles. The molecule has 0 saturated carbocycles. The van der Waals surface area contributed by atoms with E-state index in [2.05, 4.69) is 5.32 Å². The topological polar surface area (TPSA) is 58.6 Å². The number of methoxy groups -OCH3 is 1. The van der Waals surface area contributed by atoms with Crippen LogP contribution in [0.3, 0.4) is 0 Å². The molecule has 2 amide bonds. The summed E-state index contributed by atoms with van der Waals surface area (Å²) in [6, 6.07) is 7.16. The molecule has 1 aromatic carbocycles. The fourth-order valence-electron chi connectivity index (χ4n) is 2.75. The number of benzene rings is 1. The first kappa shape index (κ1) is 18.6. The molecule has 6 heteroatoms. The lowest BCUT2D eigenvalue weighted by molar-refractivity contribution is -0.140. The van der Waals surface area contributed by atoms with Gasteiger partial charge in [0.15, 0.2) is 0 Å². The minimum atomic E-state index is -0.543. The van der Waals surface area contributed by atoms with Gasteiger partial charge in [-0.25, -0.2) is 0 Å². The van der Waals surface area contributed by atoms with E-state index in [0.717, 1.165) is 12.8 Å². The van der Waals surface area contributed by atoms with Gasteiger partial charge in [-0.1, -0.05) is 6.07 Å². The Hall–Kier alpha value is -1.75. The number of nitrogens with zero attached hydrogens (tertiary/aromatic N) is 1. The normalized spacial score (nSPS) is 15.9. The van der Waals surface area contributed by atoms with Crippen molar-refractivity contribution in [2.24, 2.45) is 5.41 Å². The average molecular weight is 353 g/mol. The molecule has 1 fully saturated rings. The van der Waals surface area contributed by atoms with Crippen LogP contribution in [0.15, 0.2) is 24.3 Å².